The number of aliphatic hydroxyl groups is 1. The fraction of sp³-hybridized carbons (Fsp3) is 0.615. The summed E-state index contributed by atoms with van der Waals surface area (Å²) in [4.78, 5) is 11.7. The number of hydrogen-bond donors (Lipinski definition) is 3. The van der Waals surface area contributed by atoms with Gasteiger partial charge in [0.25, 0.3) is 0 Å². The van der Waals surface area contributed by atoms with Gasteiger partial charge in [0.15, 0.2) is 0 Å². The van der Waals surface area contributed by atoms with Crippen LogP contribution in [0, 0.1) is 0 Å². The molecule has 5 heteroatoms. The van der Waals surface area contributed by atoms with Gasteiger partial charge in [-0.25, -0.2) is 0 Å². The first kappa shape index (κ1) is 14.7. The largest absolute Gasteiger partial charge is 0.467 e. The summed E-state index contributed by atoms with van der Waals surface area (Å²) in [5.74, 6) is 0.622. The van der Waals surface area contributed by atoms with Gasteiger partial charge in [-0.15, -0.1) is 0 Å². The van der Waals surface area contributed by atoms with E-state index in [-0.39, 0.29) is 11.9 Å². The molecule has 1 aromatic rings. The fourth-order valence-corrected chi connectivity index (χ4v) is 1.58. The highest BCUT2D eigenvalue weighted by Crippen LogP contribution is 1.99. The molecule has 0 saturated carbocycles. The Morgan fingerprint density at radius 1 is 1.56 bits per heavy atom. The zero-order valence-corrected chi connectivity index (χ0v) is 11.0. The third-order valence-corrected chi connectivity index (χ3v) is 2.69. The van der Waals surface area contributed by atoms with Crippen LogP contribution in [0.15, 0.2) is 22.8 Å². The predicted octanol–water partition coefficient (Wildman–Crippen LogP) is 1.03. The van der Waals surface area contributed by atoms with E-state index in [0.717, 1.165) is 18.6 Å². The van der Waals surface area contributed by atoms with Crippen molar-refractivity contribution in [2.75, 3.05) is 6.54 Å². The molecule has 0 aliphatic heterocycles. The Hall–Kier alpha value is -1.33. The number of carbonyl (C=O) groups excluding carboxylic acids is 1. The second kappa shape index (κ2) is 7.89. The second-order valence-electron chi connectivity index (χ2n) is 4.37. The molecule has 0 aromatic carbocycles. The molecule has 2 atom stereocenters. The first-order valence-electron chi connectivity index (χ1n) is 6.35. The third-order valence-electron chi connectivity index (χ3n) is 2.69. The standard InChI is InChI=1S/C13H22N2O3/c1-3-5-11(16)8-14-10(2)13(17)15-9-12-6-4-7-18-12/h4,6-7,10-11,14,16H,3,5,8-9H2,1-2H3,(H,15,17). The van der Waals surface area contributed by atoms with Gasteiger partial charge < -0.3 is 20.2 Å². The fourth-order valence-electron chi connectivity index (χ4n) is 1.58. The minimum atomic E-state index is -0.393. The van der Waals surface area contributed by atoms with Gasteiger partial charge in [-0.3, -0.25) is 4.79 Å². The number of amides is 1. The smallest absolute Gasteiger partial charge is 0.237 e. The highest BCUT2D eigenvalue weighted by molar-refractivity contribution is 5.81. The lowest BCUT2D eigenvalue weighted by atomic mass is 10.2. The average Bonchev–Trinajstić information content (AvgIpc) is 2.86. The summed E-state index contributed by atoms with van der Waals surface area (Å²) in [6, 6.07) is 3.26. The van der Waals surface area contributed by atoms with E-state index in [1.54, 1.807) is 19.3 Å². The van der Waals surface area contributed by atoms with Crippen LogP contribution in [0.5, 0.6) is 0 Å². The highest BCUT2D eigenvalue weighted by Gasteiger charge is 2.13. The Labute approximate surface area is 108 Å². The van der Waals surface area contributed by atoms with E-state index in [4.69, 9.17) is 4.42 Å². The number of carbonyl (C=O) groups is 1. The summed E-state index contributed by atoms with van der Waals surface area (Å²) >= 11 is 0. The van der Waals surface area contributed by atoms with E-state index < -0.39 is 6.10 Å². The van der Waals surface area contributed by atoms with Crippen LogP contribution in [0.3, 0.4) is 0 Å². The maximum Gasteiger partial charge on any atom is 0.237 e. The molecule has 0 spiro atoms. The highest BCUT2D eigenvalue weighted by atomic mass is 16.3. The lowest BCUT2D eigenvalue weighted by molar-refractivity contribution is -0.123. The van der Waals surface area contributed by atoms with E-state index >= 15 is 0 Å². The molecule has 18 heavy (non-hydrogen) atoms. The molecular formula is C13H22N2O3. The van der Waals surface area contributed by atoms with E-state index in [9.17, 15) is 9.90 Å². The Morgan fingerprint density at radius 2 is 2.33 bits per heavy atom. The van der Waals surface area contributed by atoms with E-state index in [1.807, 2.05) is 13.0 Å². The summed E-state index contributed by atoms with van der Waals surface area (Å²) in [6.45, 7) is 4.61. The molecule has 3 N–H and O–H groups in total. The van der Waals surface area contributed by atoms with Crippen molar-refractivity contribution >= 4 is 5.91 Å². The molecule has 0 saturated heterocycles. The van der Waals surface area contributed by atoms with Crippen LogP contribution in [0.25, 0.3) is 0 Å². The summed E-state index contributed by atoms with van der Waals surface area (Å²) in [6.07, 6.45) is 2.86. The molecule has 0 radical (unpaired) electrons. The van der Waals surface area contributed by atoms with E-state index in [2.05, 4.69) is 10.6 Å². The number of furan rings is 1. The molecule has 5 nitrogen and oxygen atoms in total. The predicted molar refractivity (Wildman–Crippen MR) is 68.9 cm³/mol. The molecule has 1 rings (SSSR count). The van der Waals surface area contributed by atoms with Gasteiger partial charge in [0, 0.05) is 6.54 Å². The number of hydrogen-bond acceptors (Lipinski definition) is 4. The zero-order valence-electron chi connectivity index (χ0n) is 11.0. The van der Waals surface area contributed by atoms with Crippen molar-refractivity contribution in [1.29, 1.82) is 0 Å². The molecule has 0 aliphatic carbocycles. The van der Waals surface area contributed by atoms with Crippen molar-refractivity contribution in [2.24, 2.45) is 0 Å². The zero-order chi connectivity index (χ0) is 13.4. The number of nitrogens with one attached hydrogen (secondary N) is 2. The Bertz CT molecular complexity index is 338. The molecule has 1 aromatic heterocycles. The molecule has 0 bridgehead atoms. The SMILES string of the molecule is CCCC(O)CNC(C)C(=O)NCc1ccco1. The summed E-state index contributed by atoms with van der Waals surface area (Å²) in [5.41, 5.74) is 0. The van der Waals surface area contributed by atoms with E-state index in [1.165, 1.54) is 0 Å². The topological polar surface area (TPSA) is 74.5 Å². The van der Waals surface area contributed by atoms with Crippen LogP contribution in [0.2, 0.25) is 0 Å². The summed E-state index contributed by atoms with van der Waals surface area (Å²) < 4.78 is 5.12. The number of aliphatic hydroxyl groups excluding tert-OH is 1. The lowest BCUT2D eigenvalue weighted by Gasteiger charge is -2.16. The molecule has 1 heterocycles. The van der Waals surface area contributed by atoms with Gasteiger partial charge in [0.2, 0.25) is 5.91 Å². The normalized spacial score (nSPS) is 14.2. The first-order valence-corrected chi connectivity index (χ1v) is 6.35. The molecule has 2 unspecified atom stereocenters. The van der Waals surface area contributed by atoms with Gasteiger partial charge in [0.05, 0.1) is 25.0 Å². The van der Waals surface area contributed by atoms with Crippen LogP contribution in [-0.4, -0.2) is 29.7 Å². The van der Waals surface area contributed by atoms with Crippen molar-refractivity contribution in [3.05, 3.63) is 24.2 Å². The molecule has 0 aliphatic rings. The third kappa shape index (κ3) is 5.33. The van der Waals surface area contributed by atoms with Crippen molar-refractivity contribution < 1.29 is 14.3 Å². The van der Waals surface area contributed by atoms with Crippen LogP contribution >= 0.6 is 0 Å². The van der Waals surface area contributed by atoms with E-state index in [0.29, 0.717) is 13.1 Å². The number of rotatable bonds is 8. The van der Waals surface area contributed by atoms with Gasteiger partial charge >= 0.3 is 0 Å². The van der Waals surface area contributed by atoms with Crippen molar-refractivity contribution in [3.8, 4) is 0 Å². The minimum absolute atomic E-state index is 0.102. The van der Waals surface area contributed by atoms with Gasteiger partial charge in [-0.1, -0.05) is 13.3 Å². The average molecular weight is 254 g/mol. The van der Waals surface area contributed by atoms with Crippen molar-refractivity contribution in [1.82, 2.24) is 10.6 Å². The quantitative estimate of drug-likeness (QED) is 0.648. The Morgan fingerprint density at radius 3 is 2.94 bits per heavy atom. The minimum Gasteiger partial charge on any atom is -0.467 e. The van der Waals surface area contributed by atoms with Gasteiger partial charge in [0.1, 0.15) is 5.76 Å². The Kier molecular flexibility index (Phi) is 6.46. The van der Waals surface area contributed by atoms with Crippen LogP contribution in [0.4, 0.5) is 0 Å². The molecular weight excluding hydrogens is 232 g/mol. The maximum absolute atomic E-state index is 11.7. The van der Waals surface area contributed by atoms with Gasteiger partial charge in [-0.05, 0) is 25.5 Å². The Balaban J connectivity index is 2.20. The summed E-state index contributed by atoms with van der Waals surface area (Å²) in [5, 5.41) is 15.3. The first-order chi connectivity index (χ1) is 8.63. The van der Waals surface area contributed by atoms with Crippen LogP contribution < -0.4 is 10.6 Å². The van der Waals surface area contributed by atoms with Crippen LogP contribution in [-0.2, 0) is 11.3 Å². The summed E-state index contributed by atoms with van der Waals surface area (Å²) in [7, 11) is 0. The lowest BCUT2D eigenvalue weighted by Crippen LogP contribution is -2.44. The monoisotopic (exact) mass is 254 g/mol. The van der Waals surface area contributed by atoms with Gasteiger partial charge in [-0.2, -0.15) is 0 Å². The maximum atomic E-state index is 11.7. The van der Waals surface area contributed by atoms with Crippen LogP contribution in [0.1, 0.15) is 32.4 Å². The molecule has 102 valence electrons. The molecule has 1 amide bonds. The van der Waals surface area contributed by atoms with Crippen molar-refractivity contribution in [3.63, 3.8) is 0 Å². The second-order valence-corrected chi connectivity index (χ2v) is 4.37. The van der Waals surface area contributed by atoms with Crippen molar-refractivity contribution in [2.45, 2.75) is 45.4 Å². The molecule has 0 fully saturated rings.